The van der Waals surface area contributed by atoms with Crippen molar-refractivity contribution in [3.8, 4) is 0 Å². The first kappa shape index (κ1) is 13.8. The molecule has 1 rings (SSSR count). The van der Waals surface area contributed by atoms with Crippen molar-refractivity contribution in [1.29, 1.82) is 0 Å². The SMILES string of the molecule is CCCN(CC)CCNc1nnc(C)c(C)n1. The van der Waals surface area contributed by atoms with Crippen molar-refractivity contribution in [2.45, 2.75) is 34.1 Å². The Morgan fingerprint density at radius 2 is 1.82 bits per heavy atom. The van der Waals surface area contributed by atoms with Crippen LogP contribution in [0.25, 0.3) is 0 Å². The predicted octanol–water partition coefficient (Wildman–Crippen LogP) is 1.63. The van der Waals surface area contributed by atoms with Crippen molar-refractivity contribution in [3.63, 3.8) is 0 Å². The van der Waals surface area contributed by atoms with E-state index in [0.29, 0.717) is 5.95 Å². The first-order chi connectivity index (χ1) is 8.17. The van der Waals surface area contributed by atoms with Crippen LogP contribution in [-0.2, 0) is 0 Å². The van der Waals surface area contributed by atoms with Crippen LogP contribution in [0.4, 0.5) is 5.95 Å². The molecule has 5 nitrogen and oxygen atoms in total. The number of aromatic nitrogens is 3. The molecule has 0 aliphatic carbocycles. The van der Waals surface area contributed by atoms with Gasteiger partial charge >= 0.3 is 0 Å². The van der Waals surface area contributed by atoms with Gasteiger partial charge in [0.1, 0.15) is 0 Å². The van der Waals surface area contributed by atoms with E-state index in [4.69, 9.17) is 0 Å². The van der Waals surface area contributed by atoms with Crippen LogP contribution >= 0.6 is 0 Å². The number of aryl methyl sites for hydroxylation is 2. The Kier molecular flexibility index (Phi) is 5.83. The smallest absolute Gasteiger partial charge is 0.243 e. The molecule has 0 unspecified atom stereocenters. The maximum Gasteiger partial charge on any atom is 0.243 e. The second-order valence-electron chi connectivity index (χ2n) is 4.17. The summed E-state index contributed by atoms with van der Waals surface area (Å²) in [4.78, 5) is 6.74. The molecule has 96 valence electrons. The molecular weight excluding hydrogens is 214 g/mol. The minimum absolute atomic E-state index is 0.626. The molecule has 0 bridgehead atoms. The van der Waals surface area contributed by atoms with E-state index in [-0.39, 0.29) is 0 Å². The van der Waals surface area contributed by atoms with E-state index in [0.717, 1.165) is 37.6 Å². The summed E-state index contributed by atoms with van der Waals surface area (Å²) in [5.74, 6) is 0.626. The molecule has 1 aromatic rings. The van der Waals surface area contributed by atoms with E-state index in [1.54, 1.807) is 0 Å². The summed E-state index contributed by atoms with van der Waals surface area (Å²) in [6, 6.07) is 0. The minimum atomic E-state index is 0.626. The largest absolute Gasteiger partial charge is 0.352 e. The number of likely N-dealkylation sites (N-methyl/N-ethyl adjacent to an activating group) is 1. The highest BCUT2D eigenvalue weighted by Gasteiger charge is 2.03. The van der Waals surface area contributed by atoms with E-state index in [1.165, 1.54) is 6.42 Å². The van der Waals surface area contributed by atoms with E-state index >= 15 is 0 Å². The highest BCUT2D eigenvalue weighted by molar-refractivity contribution is 5.24. The van der Waals surface area contributed by atoms with Crippen molar-refractivity contribution in [3.05, 3.63) is 11.4 Å². The van der Waals surface area contributed by atoms with Crippen molar-refractivity contribution >= 4 is 5.95 Å². The van der Waals surface area contributed by atoms with Gasteiger partial charge in [-0.05, 0) is 33.4 Å². The van der Waals surface area contributed by atoms with Crippen molar-refractivity contribution < 1.29 is 0 Å². The zero-order valence-electron chi connectivity index (χ0n) is 11.3. The Morgan fingerprint density at radius 1 is 1.06 bits per heavy atom. The lowest BCUT2D eigenvalue weighted by atomic mass is 10.4. The molecule has 0 radical (unpaired) electrons. The molecule has 0 fully saturated rings. The van der Waals surface area contributed by atoms with E-state index in [1.807, 2.05) is 13.8 Å². The lowest BCUT2D eigenvalue weighted by Gasteiger charge is -2.19. The zero-order chi connectivity index (χ0) is 12.7. The summed E-state index contributed by atoms with van der Waals surface area (Å²) in [6.07, 6.45) is 1.19. The van der Waals surface area contributed by atoms with Gasteiger partial charge in [0.25, 0.3) is 0 Å². The Labute approximate surface area is 104 Å². The topological polar surface area (TPSA) is 53.9 Å². The number of hydrogen-bond donors (Lipinski definition) is 1. The summed E-state index contributed by atoms with van der Waals surface area (Å²) < 4.78 is 0. The quantitative estimate of drug-likeness (QED) is 0.781. The second kappa shape index (κ2) is 7.17. The van der Waals surface area contributed by atoms with E-state index < -0.39 is 0 Å². The van der Waals surface area contributed by atoms with Crippen molar-refractivity contribution in [2.24, 2.45) is 0 Å². The van der Waals surface area contributed by atoms with Gasteiger partial charge in [0.2, 0.25) is 5.95 Å². The zero-order valence-corrected chi connectivity index (χ0v) is 11.3. The average Bonchev–Trinajstić information content (AvgIpc) is 2.32. The monoisotopic (exact) mass is 237 g/mol. The molecule has 0 aliphatic heterocycles. The molecule has 0 aromatic carbocycles. The maximum atomic E-state index is 4.34. The molecule has 1 N–H and O–H groups in total. The van der Waals surface area contributed by atoms with Crippen LogP contribution in [0.5, 0.6) is 0 Å². The predicted molar refractivity (Wildman–Crippen MR) is 70.2 cm³/mol. The van der Waals surface area contributed by atoms with Crippen LogP contribution < -0.4 is 5.32 Å². The second-order valence-corrected chi connectivity index (χ2v) is 4.17. The fourth-order valence-corrected chi connectivity index (χ4v) is 1.60. The number of nitrogens with one attached hydrogen (secondary N) is 1. The molecule has 0 saturated heterocycles. The third-order valence-corrected chi connectivity index (χ3v) is 2.79. The lowest BCUT2D eigenvalue weighted by Crippen LogP contribution is -2.30. The third-order valence-electron chi connectivity index (χ3n) is 2.79. The van der Waals surface area contributed by atoms with Gasteiger partial charge in [-0.3, -0.25) is 0 Å². The Morgan fingerprint density at radius 3 is 2.41 bits per heavy atom. The number of rotatable bonds is 7. The Balaban J connectivity index is 2.37. The summed E-state index contributed by atoms with van der Waals surface area (Å²) in [6.45, 7) is 12.4. The third kappa shape index (κ3) is 4.65. The first-order valence-electron chi connectivity index (χ1n) is 6.31. The van der Waals surface area contributed by atoms with Crippen molar-refractivity contribution in [2.75, 3.05) is 31.5 Å². The number of anilines is 1. The fourth-order valence-electron chi connectivity index (χ4n) is 1.60. The van der Waals surface area contributed by atoms with Gasteiger partial charge < -0.3 is 10.2 Å². The van der Waals surface area contributed by atoms with Gasteiger partial charge in [-0.2, -0.15) is 5.10 Å². The van der Waals surface area contributed by atoms with Crippen LogP contribution in [0.15, 0.2) is 0 Å². The summed E-state index contributed by atoms with van der Waals surface area (Å²) in [5, 5.41) is 11.3. The average molecular weight is 237 g/mol. The van der Waals surface area contributed by atoms with Crippen molar-refractivity contribution in [1.82, 2.24) is 20.1 Å². The molecule has 0 atom stereocenters. The van der Waals surface area contributed by atoms with E-state index in [2.05, 4.69) is 39.2 Å². The molecule has 0 saturated carbocycles. The van der Waals surface area contributed by atoms with Crippen LogP contribution in [-0.4, -0.2) is 46.3 Å². The molecule has 0 aliphatic rings. The molecule has 5 heteroatoms. The van der Waals surface area contributed by atoms with Gasteiger partial charge in [0.05, 0.1) is 11.4 Å². The fraction of sp³-hybridized carbons (Fsp3) is 0.750. The van der Waals surface area contributed by atoms with Crippen LogP contribution in [0.3, 0.4) is 0 Å². The Bertz CT molecular complexity index is 340. The van der Waals surface area contributed by atoms with Crippen LogP contribution in [0.1, 0.15) is 31.7 Å². The summed E-state index contributed by atoms with van der Waals surface area (Å²) in [5.41, 5.74) is 1.82. The van der Waals surface area contributed by atoms with Crippen LogP contribution in [0, 0.1) is 13.8 Å². The van der Waals surface area contributed by atoms with Gasteiger partial charge in [-0.1, -0.05) is 13.8 Å². The van der Waals surface area contributed by atoms with Crippen LogP contribution in [0.2, 0.25) is 0 Å². The minimum Gasteiger partial charge on any atom is -0.352 e. The van der Waals surface area contributed by atoms with Gasteiger partial charge in [-0.15, -0.1) is 5.10 Å². The number of nitrogens with zero attached hydrogens (tertiary/aromatic N) is 4. The van der Waals surface area contributed by atoms with Gasteiger partial charge in [0.15, 0.2) is 0 Å². The van der Waals surface area contributed by atoms with E-state index in [9.17, 15) is 0 Å². The normalized spacial score (nSPS) is 10.9. The molecule has 17 heavy (non-hydrogen) atoms. The summed E-state index contributed by atoms with van der Waals surface area (Å²) in [7, 11) is 0. The summed E-state index contributed by atoms with van der Waals surface area (Å²) >= 11 is 0. The van der Waals surface area contributed by atoms with Gasteiger partial charge in [0, 0.05) is 13.1 Å². The highest BCUT2D eigenvalue weighted by Crippen LogP contribution is 2.01. The molecule has 0 amide bonds. The lowest BCUT2D eigenvalue weighted by molar-refractivity contribution is 0.300. The molecule has 1 heterocycles. The molecule has 1 aromatic heterocycles. The van der Waals surface area contributed by atoms with Gasteiger partial charge in [-0.25, -0.2) is 4.98 Å². The maximum absolute atomic E-state index is 4.34. The molecular formula is C12H23N5. The number of hydrogen-bond acceptors (Lipinski definition) is 5. The standard InChI is InChI=1S/C12H23N5/c1-5-8-17(6-2)9-7-13-12-14-10(3)11(4)15-16-12/h5-9H2,1-4H3,(H,13,14,16). The molecule has 0 spiro atoms. The highest BCUT2D eigenvalue weighted by atomic mass is 15.2. The Hall–Kier alpha value is -1.23. The first-order valence-corrected chi connectivity index (χ1v) is 6.31.